The number of benzene rings is 2. The number of hydrogen-bond donors (Lipinski definition) is 2. The maximum absolute atomic E-state index is 15.2. The number of carbonyl (C=O) groups excluding carboxylic acids is 2. The molecule has 0 radical (unpaired) electrons. The molecule has 236 valence electrons. The van der Waals surface area contributed by atoms with Gasteiger partial charge in [-0.3, -0.25) is 9.59 Å². The molecule has 2 amide bonds. The summed E-state index contributed by atoms with van der Waals surface area (Å²) in [5.41, 5.74) is -7.22. The predicted molar refractivity (Wildman–Crippen MR) is 152 cm³/mol. The lowest BCUT2D eigenvalue weighted by Gasteiger charge is -2.32. The molecule has 2 aromatic carbocycles. The number of alkyl halides is 3. The summed E-state index contributed by atoms with van der Waals surface area (Å²) in [6.45, 7) is 7.23. The van der Waals surface area contributed by atoms with Gasteiger partial charge in [0.2, 0.25) is 5.91 Å². The van der Waals surface area contributed by atoms with Crippen LogP contribution in [0.15, 0.2) is 53.4 Å². The number of ether oxygens (including phenoxy) is 1. The number of halogens is 4. The molecule has 2 fully saturated rings. The lowest BCUT2D eigenvalue weighted by molar-refractivity contribution is -0.121. The molecule has 1 saturated heterocycles. The second-order valence-electron chi connectivity index (χ2n) is 12.1. The van der Waals surface area contributed by atoms with Crippen LogP contribution in [0.4, 0.5) is 23.2 Å². The van der Waals surface area contributed by atoms with Gasteiger partial charge in [0.25, 0.3) is 15.7 Å². The van der Waals surface area contributed by atoms with Crippen LogP contribution in [0.1, 0.15) is 44.5 Å². The van der Waals surface area contributed by atoms with Crippen molar-refractivity contribution in [3.63, 3.8) is 0 Å². The van der Waals surface area contributed by atoms with Gasteiger partial charge in [-0.15, -0.1) is 0 Å². The first-order valence-corrected chi connectivity index (χ1v) is 15.3. The average molecular weight is 638 g/mol. The van der Waals surface area contributed by atoms with Gasteiger partial charge in [0.1, 0.15) is 11.6 Å². The van der Waals surface area contributed by atoms with Crippen molar-refractivity contribution in [1.29, 1.82) is 0 Å². The average Bonchev–Trinajstić information content (AvgIpc) is 3.59. The number of carbonyl (C=O) groups is 2. The Hall–Kier alpha value is -3.43. The highest BCUT2D eigenvalue weighted by molar-refractivity contribution is 7.92. The summed E-state index contributed by atoms with van der Waals surface area (Å²) in [6.07, 6.45) is 4.23. The summed E-state index contributed by atoms with van der Waals surface area (Å²) in [6, 6.07) is 5.50. The van der Waals surface area contributed by atoms with E-state index in [1.807, 2.05) is 12.2 Å². The van der Waals surface area contributed by atoms with Gasteiger partial charge < -0.3 is 24.7 Å². The summed E-state index contributed by atoms with van der Waals surface area (Å²) in [4.78, 5) is 26.1. The van der Waals surface area contributed by atoms with Gasteiger partial charge in [0.15, 0.2) is 0 Å². The van der Waals surface area contributed by atoms with Crippen LogP contribution in [0, 0.1) is 23.6 Å². The van der Waals surface area contributed by atoms with Gasteiger partial charge in [-0.25, -0.2) is 12.8 Å². The molecule has 0 aromatic heterocycles. The predicted octanol–water partition coefficient (Wildman–Crippen LogP) is 3.99. The molecule has 1 heterocycles. The zero-order chi connectivity index (χ0) is 32.4. The van der Waals surface area contributed by atoms with E-state index in [0.29, 0.717) is 6.42 Å². The number of hydrogen-bond acceptors (Lipinski definition) is 7. The maximum atomic E-state index is 15.2. The van der Waals surface area contributed by atoms with Crippen molar-refractivity contribution < 1.29 is 49.6 Å². The van der Waals surface area contributed by atoms with Gasteiger partial charge in [-0.05, 0) is 70.2 Å². The van der Waals surface area contributed by atoms with Crippen LogP contribution in [-0.4, -0.2) is 57.2 Å². The monoisotopic (exact) mass is 638 g/mol. The van der Waals surface area contributed by atoms with E-state index in [2.05, 4.69) is 10.6 Å². The van der Waals surface area contributed by atoms with Crippen LogP contribution in [0.2, 0.25) is 0 Å². The fourth-order valence-electron chi connectivity index (χ4n) is 5.77. The molecule has 0 spiro atoms. The lowest BCUT2D eigenvalue weighted by atomic mass is 9.77. The molecular weight excluding hydrogens is 607 g/mol. The van der Waals surface area contributed by atoms with E-state index in [1.54, 1.807) is 27.7 Å². The Morgan fingerprint density at radius 2 is 1.66 bits per heavy atom. The zero-order valence-corrected chi connectivity index (χ0v) is 25.3. The second kappa shape index (κ2) is 10.9. The number of rotatable bonds is 7. The van der Waals surface area contributed by atoms with Crippen molar-refractivity contribution in [2.75, 3.05) is 12.4 Å². The number of nitrogens with one attached hydrogen (secondary N) is 2. The van der Waals surface area contributed by atoms with Gasteiger partial charge in [-0.2, -0.15) is 13.2 Å². The van der Waals surface area contributed by atoms with Gasteiger partial charge >= 0.3 is 12.6 Å². The van der Waals surface area contributed by atoms with E-state index in [0.717, 1.165) is 24.3 Å². The Bertz CT molecular complexity index is 1630. The largest absolute Gasteiger partial charge is 0.501 e. The van der Waals surface area contributed by atoms with Crippen molar-refractivity contribution >= 4 is 39.9 Å². The molecule has 3 aliphatic rings. The van der Waals surface area contributed by atoms with Crippen molar-refractivity contribution in [3.8, 4) is 5.75 Å². The Labute approximate surface area is 252 Å². The molecular formula is C29H31BF4N2O7S. The van der Waals surface area contributed by atoms with Crippen LogP contribution in [0.25, 0.3) is 0 Å². The first-order chi connectivity index (χ1) is 20.4. The van der Waals surface area contributed by atoms with Crippen molar-refractivity contribution in [3.05, 3.63) is 59.9 Å². The van der Waals surface area contributed by atoms with E-state index >= 15 is 4.39 Å². The van der Waals surface area contributed by atoms with Crippen LogP contribution < -0.4 is 20.8 Å². The summed E-state index contributed by atoms with van der Waals surface area (Å²) in [5, 5.41) is 5.37. The minimum atomic E-state index is -5.63. The lowest BCUT2D eigenvalue weighted by Crippen LogP contribution is -2.47. The molecule has 9 nitrogen and oxygen atoms in total. The molecule has 2 bridgehead atoms. The van der Waals surface area contributed by atoms with Gasteiger partial charge in [0.05, 0.1) is 34.7 Å². The van der Waals surface area contributed by atoms with Gasteiger partial charge in [0, 0.05) is 23.3 Å². The normalized spacial score (nSPS) is 25.2. The number of sulfone groups is 1. The number of methoxy groups -OCH3 is 1. The molecule has 5 rings (SSSR count). The van der Waals surface area contributed by atoms with Gasteiger partial charge in [-0.1, -0.05) is 18.2 Å². The molecule has 44 heavy (non-hydrogen) atoms. The zero-order valence-electron chi connectivity index (χ0n) is 24.5. The SMILES string of the molecule is COc1cc(F)c(B2OC(C)(C)C(C)(C)O2)cc1C(=O)N[C@H]1[C@@H](C(=O)Nc2cccc(S(=O)(=O)C(F)(F)F)c2)[C@@H]2C=C[C@H]1C2. The number of amides is 2. The van der Waals surface area contributed by atoms with Crippen molar-refractivity contribution in [1.82, 2.24) is 5.32 Å². The Balaban J connectivity index is 1.39. The third-order valence-corrected chi connectivity index (χ3v) is 10.3. The smallest absolute Gasteiger partial charge is 0.496 e. The minimum absolute atomic E-state index is 0.00887. The first kappa shape index (κ1) is 32.0. The Morgan fingerprint density at radius 1 is 1.02 bits per heavy atom. The molecule has 2 aliphatic carbocycles. The molecule has 1 saturated carbocycles. The highest BCUT2D eigenvalue weighted by Gasteiger charge is 2.53. The van der Waals surface area contributed by atoms with E-state index < -0.39 is 68.2 Å². The molecule has 2 aromatic rings. The van der Waals surface area contributed by atoms with Crippen LogP contribution in [-0.2, 0) is 23.9 Å². The number of anilines is 1. The fourth-order valence-corrected chi connectivity index (χ4v) is 6.58. The van der Waals surface area contributed by atoms with E-state index in [9.17, 15) is 31.2 Å². The third kappa shape index (κ3) is 5.49. The molecule has 0 unspecified atom stereocenters. The third-order valence-electron chi connectivity index (χ3n) is 8.85. The van der Waals surface area contributed by atoms with E-state index in [1.165, 1.54) is 19.2 Å². The standard InChI is InChI=1S/C29H31BF4N2O7S/c1-27(2)28(3,4)43-30(42-27)20-13-19(22(41-5)14-21(20)31)25(37)36-24-16-10-9-15(11-16)23(24)26(38)35-17-7-6-8-18(12-17)44(39,40)29(32,33)34/h6-10,12-16,23-24H,11H2,1-5H3,(H,35,38)(H,36,37)/t15-,16+,23+,24-/m1/s1. The minimum Gasteiger partial charge on any atom is -0.496 e. The molecule has 4 atom stereocenters. The molecule has 2 N–H and O–H groups in total. The second-order valence-corrected chi connectivity index (χ2v) is 14.0. The highest BCUT2D eigenvalue weighted by Crippen LogP contribution is 2.45. The Morgan fingerprint density at radius 3 is 2.27 bits per heavy atom. The van der Waals surface area contributed by atoms with Crippen LogP contribution in [0.3, 0.4) is 0 Å². The first-order valence-electron chi connectivity index (χ1n) is 13.8. The summed E-state index contributed by atoms with van der Waals surface area (Å²) < 4.78 is 95.3. The fraction of sp³-hybridized carbons (Fsp3) is 0.448. The Kier molecular flexibility index (Phi) is 7.91. The molecule has 1 aliphatic heterocycles. The molecule has 15 heteroatoms. The van der Waals surface area contributed by atoms with Crippen LogP contribution >= 0.6 is 0 Å². The van der Waals surface area contributed by atoms with E-state index in [-0.39, 0.29) is 34.3 Å². The quantitative estimate of drug-likeness (QED) is 0.268. The number of allylic oxidation sites excluding steroid dienone is 1. The van der Waals surface area contributed by atoms with Crippen molar-refractivity contribution in [2.24, 2.45) is 17.8 Å². The maximum Gasteiger partial charge on any atom is 0.501 e. The van der Waals surface area contributed by atoms with Crippen molar-refractivity contribution in [2.45, 2.75) is 61.8 Å². The summed E-state index contributed by atoms with van der Waals surface area (Å²) >= 11 is 0. The summed E-state index contributed by atoms with van der Waals surface area (Å²) in [7, 11) is -5.45. The number of fused-ring (bicyclic) bond motifs is 2. The summed E-state index contributed by atoms with van der Waals surface area (Å²) in [5.74, 6) is -3.37. The topological polar surface area (TPSA) is 120 Å². The highest BCUT2D eigenvalue weighted by atomic mass is 32.2. The van der Waals surface area contributed by atoms with E-state index in [4.69, 9.17) is 14.0 Å². The van der Waals surface area contributed by atoms with Crippen LogP contribution in [0.5, 0.6) is 5.75 Å².